The average molecular weight is 189 g/mol. The highest BCUT2D eigenvalue weighted by atomic mass is 32.2. The second-order valence-corrected chi connectivity index (χ2v) is 3.33. The molecular formula is C9H7N3S. The van der Waals surface area contributed by atoms with Crippen LogP contribution in [0.3, 0.4) is 0 Å². The highest BCUT2D eigenvalue weighted by Gasteiger charge is 2.03. The van der Waals surface area contributed by atoms with Gasteiger partial charge in [-0.1, -0.05) is 11.8 Å². The van der Waals surface area contributed by atoms with Gasteiger partial charge in [-0.3, -0.25) is 0 Å². The molecule has 0 atom stereocenters. The van der Waals surface area contributed by atoms with Crippen LogP contribution in [0.2, 0.25) is 0 Å². The van der Waals surface area contributed by atoms with Crippen molar-refractivity contribution in [3.63, 3.8) is 0 Å². The Balaban J connectivity index is 2.97. The molecule has 1 rings (SSSR count). The summed E-state index contributed by atoms with van der Waals surface area (Å²) in [6.07, 6.45) is 0. The summed E-state index contributed by atoms with van der Waals surface area (Å²) < 4.78 is 0. The van der Waals surface area contributed by atoms with E-state index in [-0.39, 0.29) is 0 Å². The summed E-state index contributed by atoms with van der Waals surface area (Å²) in [6.45, 7) is 1.86. The average Bonchev–Trinajstić information content (AvgIpc) is 2.15. The van der Waals surface area contributed by atoms with E-state index in [1.165, 1.54) is 11.8 Å². The van der Waals surface area contributed by atoms with E-state index < -0.39 is 0 Å². The van der Waals surface area contributed by atoms with Gasteiger partial charge in [-0.15, -0.1) is 0 Å². The van der Waals surface area contributed by atoms with Crippen molar-refractivity contribution in [3.8, 4) is 12.1 Å². The van der Waals surface area contributed by atoms with Gasteiger partial charge in [0.25, 0.3) is 0 Å². The number of pyridine rings is 1. The number of hydrogen-bond acceptors (Lipinski definition) is 4. The van der Waals surface area contributed by atoms with Gasteiger partial charge in [-0.05, 0) is 19.1 Å². The van der Waals surface area contributed by atoms with Crippen molar-refractivity contribution in [2.24, 2.45) is 0 Å². The molecule has 4 heteroatoms. The van der Waals surface area contributed by atoms with Gasteiger partial charge in [-0.2, -0.15) is 10.5 Å². The molecule has 1 heterocycles. The van der Waals surface area contributed by atoms with Gasteiger partial charge in [0, 0.05) is 5.69 Å². The Morgan fingerprint density at radius 3 is 2.85 bits per heavy atom. The van der Waals surface area contributed by atoms with Crippen LogP contribution in [0.25, 0.3) is 0 Å². The molecular weight excluding hydrogens is 182 g/mol. The number of thioether (sulfide) groups is 1. The number of hydrogen-bond donors (Lipinski definition) is 0. The van der Waals surface area contributed by atoms with Crippen molar-refractivity contribution in [2.45, 2.75) is 11.9 Å². The number of rotatable bonds is 2. The van der Waals surface area contributed by atoms with Crippen LogP contribution in [0.5, 0.6) is 0 Å². The summed E-state index contributed by atoms with van der Waals surface area (Å²) in [5.41, 5.74) is 1.39. The van der Waals surface area contributed by atoms with Gasteiger partial charge in [-0.25, -0.2) is 4.98 Å². The fourth-order valence-corrected chi connectivity index (χ4v) is 1.51. The molecule has 0 unspecified atom stereocenters. The number of aryl methyl sites for hydroxylation is 1. The molecule has 0 bridgehead atoms. The number of nitriles is 2. The molecule has 0 aliphatic rings. The van der Waals surface area contributed by atoms with Gasteiger partial charge in [0.05, 0.1) is 17.4 Å². The van der Waals surface area contributed by atoms with Crippen molar-refractivity contribution < 1.29 is 0 Å². The number of aromatic nitrogens is 1. The third kappa shape index (κ3) is 2.47. The highest BCUT2D eigenvalue weighted by Crippen LogP contribution is 2.19. The monoisotopic (exact) mass is 189 g/mol. The van der Waals surface area contributed by atoms with Crippen LogP contribution in [0.15, 0.2) is 17.2 Å². The van der Waals surface area contributed by atoms with Gasteiger partial charge in [0.15, 0.2) is 0 Å². The Hall–Kier alpha value is -1.52. The van der Waals surface area contributed by atoms with Crippen LogP contribution >= 0.6 is 11.8 Å². The second kappa shape index (κ2) is 4.49. The molecule has 0 radical (unpaired) electrons. The first kappa shape index (κ1) is 9.57. The quantitative estimate of drug-likeness (QED) is 0.666. The van der Waals surface area contributed by atoms with Crippen molar-refractivity contribution in [3.05, 3.63) is 23.4 Å². The van der Waals surface area contributed by atoms with E-state index in [0.29, 0.717) is 16.3 Å². The van der Waals surface area contributed by atoms with Crippen LogP contribution < -0.4 is 0 Å². The highest BCUT2D eigenvalue weighted by molar-refractivity contribution is 7.99. The van der Waals surface area contributed by atoms with E-state index >= 15 is 0 Å². The molecule has 0 saturated heterocycles. The summed E-state index contributed by atoms with van der Waals surface area (Å²) in [4.78, 5) is 4.17. The molecule has 1 aromatic rings. The Morgan fingerprint density at radius 1 is 1.46 bits per heavy atom. The maximum atomic E-state index is 8.72. The zero-order chi connectivity index (χ0) is 9.68. The molecule has 3 nitrogen and oxygen atoms in total. The van der Waals surface area contributed by atoms with Crippen LogP contribution in [0, 0.1) is 29.6 Å². The van der Waals surface area contributed by atoms with Gasteiger partial charge in [0.2, 0.25) is 0 Å². The van der Waals surface area contributed by atoms with Crippen LogP contribution in [0.1, 0.15) is 11.3 Å². The molecule has 0 amide bonds. The van der Waals surface area contributed by atoms with Gasteiger partial charge < -0.3 is 0 Å². The lowest BCUT2D eigenvalue weighted by molar-refractivity contribution is 1.05. The summed E-state index contributed by atoms with van der Waals surface area (Å²) in [5, 5.41) is 17.7. The zero-order valence-electron chi connectivity index (χ0n) is 7.11. The first-order chi connectivity index (χ1) is 6.27. The first-order valence-corrected chi connectivity index (χ1v) is 4.64. The Bertz CT molecular complexity index is 387. The Labute approximate surface area is 81.0 Å². The molecule has 0 N–H and O–H groups in total. The van der Waals surface area contributed by atoms with E-state index in [2.05, 4.69) is 4.98 Å². The molecule has 64 valence electrons. The van der Waals surface area contributed by atoms with E-state index in [9.17, 15) is 0 Å². The van der Waals surface area contributed by atoms with Crippen LogP contribution in [-0.4, -0.2) is 10.7 Å². The molecule has 0 saturated carbocycles. The molecule has 13 heavy (non-hydrogen) atoms. The maximum Gasteiger partial charge on any atom is 0.115 e. The third-order valence-corrected chi connectivity index (χ3v) is 2.25. The SMILES string of the molecule is Cc1ccc(C#N)c(SCC#N)n1. The lowest BCUT2D eigenvalue weighted by Gasteiger charge is -2.00. The van der Waals surface area contributed by atoms with Crippen LogP contribution in [-0.2, 0) is 0 Å². The smallest absolute Gasteiger partial charge is 0.115 e. The molecule has 1 aromatic heterocycles. The van der Waals surface area contributed by atoms with E-state index in [1.807, 2.05) is 19.1 Å². The molecule has 0 spiro atoms. The van der Waals surface area contributed by atoms with E-state index in [1.54, 1.807) is 12.1 Å². The molecule has 0 fully saturated rings. The normalized spacial score (nSPS) is 8.85. The lowest BCUT2D eigenvalue weighted by atomic mass is 10.3. The fraction of sp³-hybridized carbons (Fsp3) is 0.222. The Kier molecular flexibility index (Phi) is 3.31. The minimum atomic E-state index is 0.325. The minimum absolute atomic E-state index is 0.325. The van der Waals surface area contributed by atoms with Crippen LogP contribution in [0.4, 0.5) is 0 Å². The van der Waals surface area contributed by atoms with Crippen molar-refractivity contribution >= 4 is 11.8 Å². The lowest BCUT2D eigenvalue weighted by Crippen LogP contribution is -1.89. The number of nitrogens with zero attached hydrogens (tertiary/aromatic N) is 3. The van der Waals surface area contributed by atoms with Crippen molar-refractivity contribution in [1.29, 1.82) is 10.5 Å². The topological polar surface area (TPSA) is 60.5 Å². The van der Waals surface area contributed by atoms with E-state index in [4.69, 9.17) is 10.5 Å². The fourth-order valence-electron chi connectivity index (χ4n) is 0.829. The summed E-state index contributed by atoms with van der Waals surface area (Å²) in [7, 11) is 0. The maximum absolute atomic E-state index is 8.72. The van der Waals surface area contributed by atoms with Crippen molar-refractivity contribution in [2.75, 3.05) is 5.75 Å². The molecule has 0 aliphatic carbocycles. The zero-order valence-corrected chi connectivity index (χ0v) is 7.93. The summed E-state index contributed by atoms with van der Waals surface area (Å²) in [5.74, 6) is 0.325. The van der Waals surface area contributed by atoms with Gasteiger partial charge >= 0.3 is 0 Å². The second-order valence-electron chi connectivity index (χ2n) is 2.36. The van der Waals surface area contributed by atoms with E-state index in [0.717, 1.165) is 5.69 Å². The Morgan fingerprint density at radius 2 is 2.23 bits per heavy atom. The molecule has 0 aliphatic heterocycles. The predicted molar refractivity (Wildman–Crippen MR) is 50.0 cm³/mol. The van der Waals surface area contributed by atoms with Crippen molar-refractivity contribution in [1.82, 2.24) is 4.98 Å². The minimum Gasteiger partial charge on any atom is -0.245 e. The standard InChI is InChI=1S/C9H7N3S/c1-7-2-3-8(6-11)9(12-7)13-5-4-10/h2-3H,5H2,1H3. The summed E-state index contributed by atoms with van der Waals surface area (Å²) in [6, 6.07) is 7.55. The first-order valence-electron chi connectivity index (χ1n) is 3.65. The predicted octanol–water partition coefficient (Wildman–Crippen LogP) is 1.88. The van der Waals surface area contributed by atoms with Gasteiger partial charge in [0.1, 0.15) is 11.1 Å². The molecule has 0 aromatic carbocycles. The third-order valence-electron chi connectivity index (χ3n) is 1.39. The summed E-state index contributed by atoms with van der Waals surface area (Å²) >= 11 is 1.29. The largest absolute Gasteiger partial charge is 0.245 e.